The molecule has 0 unspecified atom stereocenters. The number of fused-ring (bicyclic) bond motifs is 3. The summed E-state index contributed by atoms with van der Waals surface area (Å²) in [5.41, 5.74) is 2.51. The van der Waals surface area contributed by atoms with Crippen molar-refractivity contribution in [1.82, 2.24) is 9.80 Å². The van der Waals surface area contributed by atoms with Gasteiger partial charge in [-0.15, -0.1) is 0 Å². The number of Topliss-reactive ketones (excluding diaryl/α,β-unsaturated/α-hetero) is 2. The van der Waals surface area contributed by atoms with E-state index < -0.39 is 83.1 Å². The van der Waals surface area contributed by atoms with Gasteiger partial charge >= 0.3 is 6.18 Å². The summed E-state index contributed by atoms with van der Waals surface area (Å²) in [6.07, 6.45) is -4.61. The summed E-state index contributed by atoms with van der Waals surface area (Å²) in [7, 11) is 6.43. The van der Waals surface area contributed by atoms with Gasteiger partial charge in [-0.3, -0.25) is 24.2 Å². The van der Waals surface area contributed by atoms with E-state index >= 15 is 0 Å². The molecule has 0 aromatic heterocycles. The molecule has 0 spiro atoms. The number of aliphatic hydroxyl groups excluding tert-OH is 2. The average molecular weight is 659 g/mol. The minimum atomic E-state index is -4.57. The lowest BCUT2D eigenvalue weighted by Crippen LogP contribution is -2.63. The first-order valence-electron chi connectivity index (χ1n) is 14.9. The Hall–Kier alpha value is -4.40. The van der Waals surface area contributed by atoms with Crippen LogP contribution in [0.25, 0.3) is 0 Å². The Labute approximate surface area is 269 Å². The van der Waals surface area contributed by atoms with Gasteiger partial charge in [-0.1, -0.05) is 30.3 Å². The van der Waals surface area contributed by atoms with Crippen molar-refractivity contribution in [1.29, 1.82) is 0 Å². The number of hydrogen-bond acceptors (Lipinski definition) is 10. The lowest BCUT2D eigenvalue weighted by Gasteiger charge is -2.50. The van der Waals surface area contributed by atoms with Gasteiger partial charge in [-0.05, 0) is 50.0 Å². The number of likely N-dealkylation sites (N-methyl/N-ethyl adjacent to an activating group) is 1. The quantitative estimate of drug-likeness (QED) is 0.266. The van der Waals surface area contributed by atoms with Crippen LogP contribution in [0.3, 0.4) is 0 Å². The fourth-order valence-electron chi connectivity index (χ4n) is 7.38. The molecule has 0 heterocycles. The van der Waals surface area contributed by atoms with E-state index in [1.165, 1.54) is 25.1 Å². The Bertz CT molecular complexity index is 1700. The lowest BCUT2D eigenvalue weighted by atomic mass is 9.58. The maximum Gasteiger partial charge on any atom is 0.401 e. The highest BCUT2D eigenvalue weighted by atomic mass is 19.4. The molecule has 14 heteroatoms. The van der Waals surface area contributed by atoms with E-state index in [2.05, 4.69) is 0 Å². The van der Waals surface area contributed by atoms with E-state index in [9.17, 15) is 48.0 Å². The maximum absolute atomic E-state index is 14.3. The van der Waals surface area contributed by atoms with Crippen LogP contribution in [0.2, 0.25) is 0 Å². The zero-order valence-electron chi connectivity index (χ0n) is 26.3. The van der Waals surface area contributed by atoms with Crippen LogP contribution in [-0.4, -0.2) is 100 Å². The van der Waals surface area contributed by atoms with Crippen molar-refractivity contribution >= 4 is 23.2 Å². The molecule has 4 atom stereocenters. The zero-order chi connectivity index (χ0) is 34.7. The fourth-order valence-corrected chi connectivity index (χ4v) is 7.38. The molecule has 0 saturated carbocycles. The summed E-state index contributed by atoms with van der Waals surface area (Å²) < 4.78 is 41.0. The Morgan fingerprint density at radius 3 is 2.23 bits per heavy atom. The van der Waals surface area contributed by atoms with Crippen LogP contribution in [0.4, 0.5) is 18.9 Å². The number of amides is 1. The van der Waals surface area contributed by atoms with Gasteiger partial charge in [0.05, 0.1) is 18.2 Å². The molecule has 0 bridgehead atoms. The monoisotopic (exact) mass is 658 g/mol. The maximum atomic E-state index is 14.3. The summed E-state index contributed by atoms with van der Waals surface area (Å²) in [5, 5.41) is 45.9. The second kappa shape index (κ2) is 12.0. The van der Waals surface area contributed by atoms with Crippen LogP contribution in [0.15, 0.2) is 59.1 Å². The largest absolute Gasteiger partial charge is 0.510 e. The SMILES string of the molecule is CN(C)c1cc(CN(Cc2ccccc2)CC(F)(F)F)c(O)c2c1C[C@H]1C[C@H]3[C@H](N(C)C)C(O)=C(C(N)=O)C(=O)[C@@]3(O)C(O)=C1C2=O. The molecule has 2 aromatic rings. The van der Waals surface area contributed by atoms with Crippen molar-refractivity contribution in [2.75, 3.05) is 39.6 Å². The fraction of sp³-hybridized carbons (Fsp3) is 0.424. The number of phenolic OH excluding ortho intramolecular Hbond substituents is 1. The molecule has 0 radical (unpaired) electrons. The standard InChI is InChI=1S/C33H37F3N4O7/c1-38(2)21-12-18(14-40(15-32(34,35)36)13-16-8-6-5-7-9-16)26(41)23-19(21)10-17-11-20-25(39(3)4)28(43)24(31(37)46)30(45)33(20,47)29(44)22(17)27(23)42/h5-9,12,17,20,25,41,43-44,47H,10-11,13-15H2,1-4H3,(H2,37,46)/t17-,20-,25-,33-/m0/s1. The summed E-state index contributed by atoms with van der Waals surface area (Å²) in [5.74, 6) is -7.84. The third kappa shape index (κ3) is 5.74. The number of carbonyl (C=O) groups excluding carboxylic acids is 3. The van der Waals surface area contributed by atoms with E-state index in [1.54, 1.807) is 49.3 Å². The second-order valence-corrected chi connectivity index (χ2v) is 12.9. The number of nitrogens with two attached hydrogens (primary N) is 1. The van der Waals surface area contributed by atoms with Crippen LogP contribution < -0.4 is 10.6 Å². The normalized spacial score (nSPS) is 24.4. The van der Waals surface area contributed by atoms with E-state index in [-0.39, 0.29) is 36.1 Å². The number of allylic oxidation sites excluding steroid dienone is 1. The van der Waals surface area contributed by atoms with Gasteiger partial charge in [0.15, 0.2) is 11.4 Å². The second-order valence-electron chi connectivity index (χ2n) is 12.9. The van der Waals surface area contributed by atoms with Crippen molar-refractivity contribution in [2.45, 2.75) is 43.8 Å². The van der Waals surface area contributed by atoms with E-state index in [0.29, 0.717) is 16.8 Å². The van der Waals surface area contributed by atoms with Crippen molar-refractivity contribution < 1.29 is 48.0 Å². The topological polar surface area (TPSA) is 168 Å². The summed E-state index contributed by atoms with van der Waals surface area (Å²) in [6, 6.07) is 8.87. The number of ketones is 2. The molecule has 0 aliphatic heterocycles. The molecule has 5 rings (SSSR count). The number of anilines is 1. The van der Waals surface area contributed by atoms with Crippen LogP contribution in [0, 0.1) is 11.8 Å². The predicted molar refractivity (Wildman–Crippen MR) is 165 cm³/mol. The molecule has 252 valence electrons. The Balaban J connectivity index is 1.64. The number of aliphatic hydroxyl groups is 3. The van der Waals surface area contributed by atoms with Crippen molar-refractivity contribution in [3.63, 3.8) is 0 Å². The average Bonchev–Trinajstić information content (AvgIpc) is 2.95. The van der Waals surface area contributed by atoms with Crippen LogP contribution in [0.5, 0.6) is 5.75 Å². The molecule has 3 aliphatic carbocycles. The number of rotatable bonds is 8. The van der Waals surface area contributed by atoms with Gasteiger partial charge < -0.3 is 31.1 Å². The highest BCUT2D eigenvalue weighted by Gasteiger charge is 2.63. The number of benzene rings is 2. The van der Waals surface area contributed by atoms with Crippen LogP contribution >= 0.6 is 0 Å². The van der Waals surface area contributed by atoms with E-state index in [4.69, 9.17) is 5.73 Å². The number of phenols is 1. The molecule has 11 nitrogen and oxygen atoms in total. The van der Waals surface area contributed by atoms with Crippen molar-refractivity contribution in [2.24, 2.45) is 17.6 Å². The summed E-state index contributed by atoms with van der Waals surface area (Å²) in [6.45, 7) is -1.80. The summed E-state index contributed by atoms with van der Waals surface area (Å²) in [4.78, 5) is 44.2. The van der Waals surface area contributed by atoms with Gasteiger partial charge in [0.2, 0.25) is 5.78 Å². The van der Waals surface area contributed by atoms with Crippen molar-refractivity contribution in [3.05, 3.63) is 81.3 Å². The molecule has 0 saturated heterocycles. The Morgan fingerprint density at radius 1 is 1.04 bits per heavy atom. The number of primary amides is 1. The van der Waals surface area contributed by atoms with Crippen molar-refractivity contribution in [3.8, 4) is 5.75 Å². The number of carbonyl (C=O) groups is 3. The lowest BCUT2D eigenvalue weighted by molar-refractivity contribution is -0.149. The zero-order valence-corrected chi connectivity index (χ0v) is 26.3. The molecule has 2 aromatic carbocycles. The number of alkyl halides is 3. The molecule has 3 aliphatic rings. The third-order valence-corrected chi connectivity index (χ3v) is 9.31. The Morgan fingerprint density at radius 2 is 1.68 bits per heavy atom. The van der Waals surface area contributed by atoms with Gasteiger partial charge in [-0.2, -0.15) is 13.2 Å². The predicted octanol–water partition coefficient (Wildman–Crippen LogP) is 2.75. The van der Waals surface area contributed by atoms with Crippen LogP contribution in [0.1, 0.15) is 33.5 Å². The van der Waals surface area contributed by atoms with Crippen LogP contribution in [-0.2, 0) is 29.1 Å². The van der Waals surface area contributed by atoms with E-state index in [1.807, 2.05) is 0 Å². The van der Waals surface area contributed by atoms with E-state index in [0.717, 1.165) is 4.90 Å². The van der Waals surface area contributed by atoms with Gasteiger partial charge in [0, 0.05) is 49.9 Å². The highest BCUT2D eigenvalue weighted by Crippen LogP contribution is 2.53. The highest BCUT2D eigenvalue weighted by molar-refractivity contribution is 6.25. The van der Waals surface area contributed by atoms with Gasteiger partial charge in [0.1, 0.15) is 22.8 Å². The first-order chi connectivity index (χ1) is 21.9. The summed E-state index contributed by atoms with van der Waals surface area (Å²) >= 11 is 0. The molecule has 0 fully saturated rings. The third-order valence-electron chi connectivity index (χ3n) is 9.31. The molecule has 6 N–H and O–H groups in total. The molecular formula is C33H37F3N4O7. The number of aromatic hydroxyl groups is 1. The number of hydrogen-bond donors (Lipinski definition) is 5. The molecular weight excluding hydrogens is 621 g/mol. The van der Waals surface area contributed by atoms with Gasteiger partial charge in [-0.25, -0.2) is 0 Å². The number of nitrogens with zero attached hydrogens (tertiary/aromatic N) is 3. The minimum Gasteiger partial charge on any atom is -0.510 e. The first-order valence-corrected chi connectivity index (χ1v) is 14.9. The number of halogens is 3. The first kappa shape index (κ1) is 33.9. The van der Waals surface area contributed by atoms with Gasteiger partial charge in [0.25, 0.3) is 5.91 Å². The smallest absolute Gasteiger partial charge is 0.401 e. The minimum absolute atomic E-state index is 0.0252. The molecule has 47 heavy (non-hydrogen) atoms. The Kier molecular flexibility index (Phi) is 8.67. The molecule has 1 amide bonds.